The highest BCUT2D eigenvalue weighted by molar-refractivity contribution is 5.27. The molecule has 0 atom stereocenters. The molecule has 1 rings (SSSR count). The maximum atomic E-state index is 12.9. The monoisotopic (exact) mass is 215 g/mol. The van der Waals surface area contributed by atoms with Crippen LogP contribution in [-0.4, -0.2) is 25.4 Å². The molecular formula is C10H14FNO3. The number of hydroxylamine groups is 1. The maximum absolute atomic E-state index is 12.9. The third-order valence-electron chi connectivity index (χ3n) is 1.78. The van der Waals surface area contributed by atoms with E-state index in [4.69, 9.17) is 14.7 Å². The molecule has 0 radical (unpaired) electrons. The van der Waals surface area contributed by atoms with Crippen LogP contribution < -0.4 is 5.48 Å². The van der Waals surface area contributed by atoms with Gasteiger partial charge in [-0.3, -0.25) is 4.84 Å². The van der Waals surface area contributed by atoms with Crippen molar-refractivity contribution in [2.24, 2.45) is 0 Å². The van der Waals surface area contributed by atoms with Crippen LogP contribution in [0.2, 0.25) is 0 Å². The average molecular weight is 215 g/mol. The van der Waals surface area contributed by atoms with E-state index in [9.17, 15) is 4.39 Å². The molecule has 0 fully saturated rings. The minimum absolute atomic E-state index is 0.348. The Labute approximate surface area is 87.6 Å². The van der Waals surface area contributed by atoms with E-state index in [1.165, 1.54) is 12.1 Å². The quantitative estimate of drug-likeness (QED) is 0.553. The van der Waals surface area contributed by atoms with E-state index >= 15 is 0 Å². The summed E-state index contributed by atoms with van der Waals surface area (Å²) in [6.45, 7) is 1.30. The first-order valence-electron chi connectivity index (χ1n) is 4.55. The number of phenols is 1. The van der Waals surface area contributed by atoms with Gasteiger partial charge in [0.2, 0.25) is 0 Å². The van der Waals surface area contributed by atoms with Crippen LogP contribution in [0, 0.1) is 5.82 Å². The van der Waals surface area contributed by atoms with Crippen LogP contribution in [0.25, 0.3) is 0 Å². The van der Waals surface area contributed by atoms with Crippen molar-refractivity contribution in [3.8, 4) is 5.75 Å². The molecule has 0 unspecified atom stereocenters. The molecular weight excluding hydrogens is 201 g/mol. The number of halogens is 1. The van der Waals surface area contributed by atoms with Gasteiger partial charge in [0.15, 0.2) is 11.6 Å². The lowest BCUT2D eigenvalue weighted by molar-refractivity contribution is 0.00343. The Bertz CT molecular complexity index is 307. The molecule has 0 spiro atoms. The number of methoxy groups -OCH3 is 1. The zero-order chi connectivity index (χ0) is 11.1. The fraction of sp³-hybridized carbons (Fsp3) is 0.400. The van der Waals surface area contributed by atoms with Crippen LogP contribution in [0.3, 0.4) is 0 Å². The van der Waals surface area contributed by atoms with Crippen LogP contribution in [0.4, 0.5) is 4.39 Å². The summed E-state index contributed by atoms with van der Waals surface area (Å²) < 4.78 is 17.6. The molecule has 0 aliphatic rings. The first-order chi connectivity index (χ1) is 7.24. The molecule has 0 saturated carbocycles. The standard InChI is InChI=1S/C10H14FNO3/c1-14-4-5-15-12-7-8-2-3-10(13)9(11)6-8/h2-3,6,12-13H,4-5,7H2,1H3. The van der Waals surface area contributed by atoms with Crippen molar-refractivity contribution in [3.63, 3.8) is 0 Å². The third-order valence-corrected chi connectivity index (χ3v) is 1.78. The number of benzene rings is 1. The van der Waals surface area contributed by atoms with Gasteiger partial charge in [0.25, 0.3) is 0 Å². The van der Waals surface area contributed by atoms with Crippen LogP contribution in [0.1, 0.15) is 5.56 Å². The van der Waals surface area contributed by atoms with E-state index in [2.05, 4.69) is 5.48 Å². The number of rotatable bonds is 6. The van der Waals surface area contributed by atoms with Gasteiger partial charge in [0.1, 0.15) is 0 Å². The van der Waals surface area contributed by atoms with Gasteiger partial charge in [-0.2, -0.15) is 5.48 Å². The lowest BCUT2D eigenvalue weighted by Gasteiger charge is -2.05. The van der Waals surface area contributed by atoms with Gasteiger partial charge in [-0.1, -0.05) is 6.07 Å². The normalized spacial score (nSPS) is 10.5. The number of aromatic hydroxyl groups is 1. The highest BCUT2D eigenvalue weighted by atomic mass is 19.1. The van der Waals surface area contributed by atoms with Crippen molar-refractivity contribution >= 4 is 0 Å². The Balaban J connectivity index is 2.28. The van der Waals surface area contributed by atoms with Gasteiger partial charge in [0, 0.05) is 13.7 Å². The Hall–Kier alpha value is -1.17. The summed E-state index contributed by atoms with van der Waals surface area (Å²) >= 11 is 0. The molecule has 5 heteroatoms. The van der Waals surface area contributed by atoms with E-state index in [0.29, 0.717) is 25.3 Å². The van der Waals surface area contributed by atoms with Crippen LogP contribution >= 0.6 is 0 Å². The van der Waals surface area contributed by atoms with Gasteiger partial charge in [0.05, 0.1) is 13.2 Å². The first kappa shape index (κ1) is 11.9. The van der Waals surface area contributed by atoms with E-state index in [1.54, 1.807) is 13.2 Å². The largest absolute Gasteiger partial charge is 0.505 e. The van der Waals surface area contributed by atoms with Crippen molar-refractivity contribution in [1.29, 1.82) is 0 Å². The summed E-state index contributed by atoms with van der Waals surface area (Å²) in [6, 6.07) is 4.18. The Morgan fingerprint density at radius 1 is 1.40 bits per heavy atom. The SMILES string of the molecule is COCCONCc1ccc(O)c(F)c1. The Morgan fingerprint density at radius 2 is 2.20 bits per heavy atom. The van der Waals surface area contributed by atoms with Crippen LogP contribution in [-0.2, 0) is 16.1 Å². The molecule has 84 valence electrons. The number of hydrogen-bond acceptors (Lipinski definition) is 4. The van der Waals surface area contributed by atoms with Gasteiger partial charge >= 0.3 is 0 Å². The molecule has 15 heavy (non-hydrogen) atoms. The molecule has 0 aromatic heterocycles. The number of nitrogens with one attached hydrogen (secondary N) is 1. The van der Waals surface area contributed by atoms with Gasteiger partial charge < -0.3 is 9.84 Å². The molecule has 0 bridgehead atoms. The predicted octanol–water partition coefficient (Wildman–Crippen LogP) is 1.20. The van der Waals surface area contributed by atoms with E-state index in [1.807, 2.05) is 0 Å². The van der Waals surface area contributed by atoms with Gasteiger partial charge in [-0.05, 0) is 17.7 Å². The van der Waals surface area contributed by atoms with Gasteiger partial charge in [-0.15, -0.1) is 0 Å². The molecule has 0 heterocycles. The summed E-state index contributed by atoms with van der Waals surface area (Å²) in [5.41, 5.74) is 3.35. The van der Waals surface area contributed by atoms with Crippen LogP contribution in [0.5, 0.6) is 5.75 Å². The molecule has 0 saturated heterocycles. The van der Waals surface area contributed by atoms with E-state index < -0.39 is 5.82 Å². The first-order valence-corrected chi connectivity index (χ1v) is 4.55. The molecule has 0 aliphatic carbocycles. The summed E-state index contributed by atoms with van der Waals surface area (Å²) in [7, 11) is 1.58. The number of phenolic OH excluding ortho intramolecular Hbond substituents is 1. The Morgan fingerprint density at radius 3 is 2.87 bits per heavy atom. The number of ether oxygens (including phenoxy) is 1. The molecule has 2 N–H and O–H groups in total. The van der Waals surface area contributed by atoms with Crippen molar-refractivity contribution in [3.05, 3.63) is 29.6 Å². The zero-order valence-electron chi connectivity index (χ0n) is 8.50. The van der Waals surface area contributed by atoms with Crippen molar-refractivity contribution in [1.82, 2.24) is 5.48 Å². The highest BCUT2D eigenvalue weighted by Crippen LogP contribution is 2.15. The summed E-state index contributed by atoms with van der Waals surface area (Å²) in [6.07, 6.45) is 0. The summed E-state index contributed by atoms with van der Waals surface area (Å²) in [4.78, 5) is 4.99. The Kier molecular flexibility index (Phi) is 5.03. The lowest BCUT2D eigenvalue weighted by atomic mass is 10.2. The molecule has 0 amide bonds. The van der Waals surface area contributed by atoms with Crippen molar-refractivity contribution < 1.29 is 19.1 Å². The van der Waals surface area contributed by atoms with Crippen molar-refractivity contribution in [2.45, 2.75) is 6.54 Å². The zero-order valence-corrected chi connectivity index (χ0v) is 8.50. The average Bonchev–Trinajstić information content (AvgIpc) is 2.23. The topological polar surface area (TPSA) is 50.7 Å². The van der Waals surface area contributed by atoms with Gasteiger partial charge in [-0.25, -0.2) is 4.39 Å². The molecule has 4 nitrogen and oxygen atoms in total. The minimum atomic E-state index is -0.633. The van der Waals surface area contributed by atoms with Crippen LogP contribution in [0.15, 0.2) is 18.2 Å². The highest BCUT2D eigenvalue weighted by Gasteiger charge is 2.00. The summed E-state index contributed by atoms with van der Waals surface area (Å²) in [5, 5.41) is 8.94. The smallest absolute Gasteiger partial charge is 0.165 e. The molecule has 1 aromatic rings. The second-order valence-electron chi connectivity index (χ2n) is 2.95. The fourth-order valence-electron chi connectivity index (χ4n) is 0.992. The maximum Gasteiger partial charge on any atom is 0.165 e. The predicted molar refractivity (Wildman–Crippen MR) is 52.7 cm³/mol. The molecule has 0 aliphatic heterocycles. The second-order valence-corrected chi connectivity index (χ2v) is 2.95. The van der Waals surface area contributed by atoms with E-state index in [0.717, 1.165) is 0 Å². The minimum Gasteiger partial charge on any atom is -0.505 e. The molecule has 1 aromatic carbocycles. The fourth-order valence-corrected chi connectivity index (χ4v) is 0.992. The van der Waals surface area contributed by atoms with E-state index in [-0.39, 0.29) is 5.75 Å². The second kappa shape index (κ2) is 6.34. The third kappa shape index (κ3) is 4.24. The van der Waals surface area contributed by atoms with Crippen molar-refractivity contribution in [2.75, 3.05) is 20.3 Å². The number of hydrogen-bond donors (Lipinski definition) is 2. The lowest BCUT2D eigenvalue weighted by Crippen LogP contribution is -2.17. The summed E-state index contributed by atoms with van der Waals surface area (Å²) in [5.74, 6) is -0.981.